The van der Waals surface area contributed by atoms with Crippen LogP contribution >= 0.6 is 11.3 Å². The van der Waals surface area contributed by atoms with E-state index in [0.717, 1.165) is 4.88 Å². The molecule has 1 atom stereocenters. The van der Waals surface area contributed by atoms with Gasteiger partial charge in [-0.15, -0.1) is 11.3 Å². The molecule has 0 radical (unpaired) electrons. The lowest BCUT2D eigenvalue weighted by atomic mass is 10.2. The van der Waals surface area contributed by atoms with Gasteiger partial charge in [-0.05, 0) is 23.6 Å². The molecule has 0 aromatic carbocycles. The average Bonchev–Trinajstić information content (AvgIpc) is 2.83. The van der Waals surface area contributed by atoms with Crippen molar-refractivity contribution in [1.82, 2.24) is 4.98 Å². The van der Waals surface area contributed by atoms with Gasteiger partial charge < -0.3 is 11.1 Å². The van der Waals surface area contributed by atoms with Crippen LogP contribution in [0.2, 0.25) is 0 Å². The van der Waals surface area contributed by atoms with Crippen LogP contribution in [-0.2, 0) is 4.79 Å². The van der Waals surface area contributed by atoms with E-state index < -0.39 is 6.04 Å². The van der Waals surface area contributed by atoms with Crippen LogP contribution in [0, 0.1) is 0 Å². The summed E-state index contributed by atoms with van der Waals surface area (Å²) in [5.74, 6) is -0.214. The molecule has 82 valence electrons. The van der Waals surface area contributed by atoms with E-state index in [0.29, 0.717) is 5.69 Å². The number of rotatable bonds is 3. The summed E-state index contributed by atoms with van der Waals surface area (Å²) in [5.41, 5.74) is 6.51. The molecule has 0 fully saturated rings. The van der Waals surface area contributed by atoms with Gasteiger partial charge in [0.1, 0.15) is 6.04 Å². The number of anilines is 1. The molecule has 0 saturated heterocycles. The Balaban J connectivity index is 2.04. The minimum absolute atomic E-state index is 0.214. The molecule has 2 aromatic rings. The zero-order valence-electron chi connectivity index (χ0n) is 8.46. The van der Waals surface area contributed by atoms with Crippen LogP contribution < -0.4 is 11.1 Å². The standard InChI is InChI=1S/C11H11N3OS/c12-10(9-2-1-7-16-9)11(15)14-8-3-5-13-6-4-8/h1-7,10H,12H2,(H,13,14,15). The van der Waals surface area contributed by atoms with Crippen molar-refractivity contribution in [3.05, 3.63) is 46.9 Å². The van der Waals surface area contributed by atoms with E-state index in [4.69, 9.17) is 5.73 Å². The number of pyridine rings is 1. The normalized spacial score (nSPS) is 12.1. The minimum Gasteiger partial charge on any atom is -0.324 e. The summed E-state index contributed by atoms with van der Waals surface area (Å²) in [5, 5.41) is 4.63. The summed E-state index contributed by atoms with van der Waals surface area (Å²) in [7, 11) is 0. The first-order valence-electron chi connectivity index (χ1n) is 4.77. The number of hydrogen-bond acceptors (Lipinski definition) is 4. The maximum Gasteiger partial charge on any atom is 0.246 e. The highest BCUT2D eigenvalue weighted by Crippen LogP contribution is 2.18. The molecule has 16 heavy (non-hydrogen) atoms. The second-order valence-electron chi connectivity index (χ2n) is 3.22. The van der Waals surface area contributed by atoms with Crippen molar-refractivity contribution >= 4 is 22.9 Å². The number of thiophene rings is 1. The molecule has 0 spiro atoms. The Morgan fingerprint density at radius 1 is 1.38 bits per heavy atom. The number of carbonyl (C=O) groups is 1. The quantitative estimate of drug-likeness (QED) is 0.849. The van der Waals surface area contributed by atoms with E-state index >= 15 is 0 Å². The van der Waals surface area contributed by atoms with E-state index in [9.17, 15) is 4.79 Å². The van der Waals surface area contributed by atoms with Crippen molar-refractivity contribution in [2.24, 2.45) is 5.73 Å². The topological polar surface area (TPSA) is 68.0 Å². The number of nitrogens with zero attached hydrogens (tertiary/aromatic N) is 1. The number of aromatic nitrogens is 1. The van der Waals surface area contributed by atoms with Gasteiger partial charge in [0.2, 0.25) is 5.91 Å². The lowest BCUT2D eigenvalue weighted by Crippen LogP contribution is -2.26. The van der Waals surface area contributed by atoms with Gasteiger partial charge in [0.25, 0.3) is 0 Å². The highest BCUT2D eigenvalue weighted by molar-refractivity contribution is 7.10. The summed E-state index contributed by atoms with van der Waals surface area (Å²) >= 11 is 1.47. The lowest BCUT2D eigenvalue weighted by molar-refractivity contribution is -0.117. The molecule has 0 saturated carbocycles. The number of nitrogens with one attached hydrogen (secondary N) is 1. The van der Waals surface area contributed by atoms with Crippen molar-refractivity contribution in [2.45, 2.75) is 6.04 Å². The fraction of sp³-hybridized carbons (Fsp3) is 0.0909. The van der Waals surface area contributed by atoms with Crippen molar-refractivity contribution in [3.8, 4) is 0 Å². The predicted molar refractivity (Wildman–Crippen MR) is 64.1 cm³/mol. The lowest BCUT2D eigenvalue weighted by Gasteiger charge is -2.10. The average molecular weight is 233 g/mol. The molecule has 2 rings (SSSR count). The molecule has 0 aliphatic carbocycles. The third-order valence-corrected chi connectivity index (χ3v) is 3.04. The molecular weight excluding hydrogens is 222 g/mol. The number of hydrogen-bond donors (Lipinski definition) is 2. The second-order valence-corrected chi connectivity index (χ2v) is 4.20. The van der Waals surface area contributed by atoms with E-state index in [1.54, 1.807) is 24.5 Å². The molecule has 0 bridgehead atoms. The molecular formula is C11H11N3OS. The van der Waals surface area contributed by atoms with Crippen molar-refractivity contribution in [2.75, 3.05) is 5.32 Å². The van der Waals surface area contributed by atoms with Gasteiger partial charge in [0.05, 0.1) is 0 Å². The Bertz CT molecular complexity index is 455. The van der Waals surface area contributed by atoms with E-state index in [2.05, 4.69) is 10.3 Å². The van der Waals surface area contributed by atoms with Crippen LogP contribution in [0.15, 0.2) is 42.0 Å². The van der Waals surface area contributed by atoms with Crippen LogP contribution in [0.1, 0.15) is 10.9 Å². The summed E-state index contributed by atoms with van der Waals surface area (Å²) in [6, 6.07) is 6.55. The van der Waals surface area contributed by atoms with Gasteiger partial charge in [-0.25, -0.2) is 0 Å². The second kappa shape index (κ2) is 4.87. The third-order valence-electron chi connectivity index (χ3n) is 2.08. The summed E-state index contributed by atoms with van der Waals surface area (Å²) < 4.78 is 0. The van der Waals surface area contributed by atoms with Gasteiger partial charge in [0, 0.05) is 23.0 Å². The Kier molecular flexibility index (Phi) is 3.28. The Hall–Kier alpha value is -1.72. The van der Waals surface area contributed by atoms with Crippen LogP contribution in [-0.4, -0.2) is 10.9 Å². The maximum atomic E-state index is 11.8. The fourth-order valence-corrected chi connectivity index (χ4v) is 1.98. The third kappa shape index (κ3) is 2.44. The summed E-state index contributed by atoms with van der Waals surface area (Å²) in [6.07, 6.45) is 3.23. The molecule has 5 heteroatoms. The first kappa shape index (κ1) is 10.8. The van der Waals surface area contributed by atoms with Gasteiger partial charge in [-0.1, -0.05) is 6.07 Å². The molecule has 2 heterocycles. The van der Waals surface area contributed by atoms with Gasteiger partial charge in [0.15, 0.2) is 0 Å². The van der Waals surface area contributed by atoms with Crippen LogP contribution in [0.3, 0.4) is 0 Å². The maximum absolute atomic E-state index is 11.8. The van der Waals surface area contributed by atoms with Crippen LogP contribution in [0.25, 0.3) is 0 Å². The highest BCUT2D eigenvalue weighted by Gasteiger charge is 2.16. The van der Waals surface area contributed by atoms with Crippen molar-refractivity contribution in [3.63, 3.8) is 0 Å². The van der Waals surface area contributed by atoms with Gasteiger partial charge >= 0.3 is 0 Å². The fourth-order valence-electron chi connectivity index (χ4n) is 1.25. The van der Waals surface area contributed by atoms with Crippen molar-refractivity contribution < 1.29 is 4.79 Å². The first-order chi connectivity index (χ1) is 7.77. The van der Waals surface area contributed by atoms with Gasteiger partial charge in [-0.3, -0.25) is 9.78 Å². The molecule has 1 unspecified atom stereocenters. The van der Waals surface area contributed by atoms with Crippen LogP contribution in [0.5, 0.6) is 0 Å². The SMILES string of the molecule is NC(C(=O)Nc1ccncc1)c1cccs1. The first-order valence-corrected chi connectivity index (χ1v) is 5.65. The number of nitrogens with two attached hydrogens (primary N) is 1. The largest absolute Gasteiger partial charge is 0.324 e. The molecule has 1 amide bonds. The Labute approximate surface area is 97.1 Å². The molecule has 0 aliphatic rings. The predicted octanol–water partition coefficient (Wildman–Crippen LogP) is 1.78. The highest BCUT2D eigenvalue weighted by atomic mass is 32.1. The van der Waals surface area contributed by atoms with E-state index in [1.165, 1.54) is 11.3 Å². The minimum atomic E-state index is -0.617. The smallest absolute Gasteiger partial charge is 0.246 e. The summed E-state index contributed by atoms with van der Waals surface area (Å²) in [4.78, 5) is 16.5. The van der Waals surface area contributed by atoms with Crippen LogP contribution in [0.4, 0.5) is 5.69 Å². The van der Waals surface area contributed by atoms with Gasteiger partial charge in [-0.2, -0.15) is 0 Å². The molecule has 0 aliphatic heterocycles. The van der Waals surface area contributed by atoms with E-state index in [-0.39, 0.29) is 5.91 Å². The number of amides is 1. The molecule has 2 aromatic heterocycles. The van der Waals surface area contributed by atoms with Crippen molar-refractivity contribution in [1.29, 1.82) is 0 Å². The summed E-state index contributed by atoms with van der Waals surface area (Å²) in [6.45, 7) is 0. The Morgan fingerprint density at radius 3 is 2.75 bits per heavy atom. The Morgan fingerprint density at radius 2 is 2.12 bits per heavy atom. The number of carbonyl (C=O) groups excluding carboxylic acids is 1. The zero-order valence-corrected chi connectivity index (χ0v) is 9.28. The molecule has 4 nitrogen and oxygen atoms in total. The zero-order chi connectivity index (χ0) is 11.4. The monoisotopic (exact) mass is 233 g/mol. The van der Waals surface area contributed by atoms with E-state index in [1.807, 2.05) is 17.5 Å². The molecule has 3 N–H and O–H groups in total.